The van der Waals surface area contributed by atoms with Crippen LogP contribution >= 0.6 is 11.6 Å². The van der Waals surface area contributed by atoms with Crippen molar-refractivity contribution in [2.75, 3.05) is 15.5 Å². The maximum Gasteiger partial charge on any atom is 0.283 e. The Labute approximate surface area is 196 Å². The minimum absolute atomic E-state index is 0.000292. The maximum atomic E-state index is 13.0. The first-order chi connectivity index (χ1) is 15.8. The molecule has 3 aromatic carbocycles. The van der Waals surface area contributed by atoms with Crippen LogP contribution in [0.4, 0.5) is 17.1 Å². The fourth-order valence-electron chi connectivity index (χ4n) is 3.55. The second kappa shape index (κ2) is 8.92. The molecule has 1 heterocycles. The van der Waals surface area contributed by atoms with E-state index in [0.717, 1.165) is 27.3 Å². The van der Waals surface area contributed by atoms with Gasteiger partial charge < -0.3 is 10.6 Å². The summed E-state index contributed by atoms with van der Waals surface area (Å²) >= 11 is 6.24. The van der Waals surface area contributed by atoms with Gasteiger partial charge in [0.05, 0.1) is 5.69 Å². The van der Waals surface area contributed by atoms with Crippen molar-refractivity contribution in [3.63, 3.8) is 0 Å². The van der Waals surface area contributed by atoms with Crippen LogP contribution in [0.15, 0.2) is 77.5 Å². The van der Waals surface area contributed by atoms with Crippen molar-refractivity contribution in [1.82, 2.24) is 0 Å². The molecular formula is C26H22ClN3O3. The van der Waals surface area contributed by atoms with Gasteiger partial charge in [0, 0.05) is 16.9 Å². The van der Waals surface area contributed by atoms with Gasteiger partial charge in [0.15, 0.2) is 0 Å². The molecule has 166 valence electrons. The molecule has 0 aromatic heterocycles. The number of para-hydroxylation sites is 1. The Morgan fingerprint density at radius 2 is 1.55 bits per heavy atom. The molecular weight excluding hydrogens is 438 g/mol. The minimum atomic E-state index is -0.577. The lowest BCUT2D eigenvalue weighted by atomic mass is 10.1. The van der Waals surface area contributed by atoms with E-state index in [1.165, 1.54) is 0 Å². The summed E-state index contributed by atoms with van der Waals surface area (Å²) in [6.45, 7) is 5.63. The van der Waals surface area contributed by atoms with Crippen LogP contribution in [0.3, 0.4) is 0 Å². The van der Waals surface area contributed by atoms with Crippen LogP contribution in [0.2, 0.25) is 0 Å². The summed E-state index contributed by atoms with van der Waals surface area (Å²) in [5, 5.41) is 5.63. The molecule has 0 aliphatic carbocycles. The number of carbonyl (C=O) groups is 3. The lowest BCUT2D eigenvalue weighted by molar-refractivity contribution is -0.120. The number of nitrogens with zero attached hydrogens (tertiary/aromatic N) is 1. The van der Waals surface area contributed by atoms with Crippen molar-refractivity contribution in [1.29, 1.82) is 0 Å². The molecule has 4 rings (SSSR count). The zero-order valence-corrected chi connectivity index (χ0v) is 19.2. The maximum absolute atomic E-state index is 13.0. The number of rotatable bonds is 5. The lowest BCUT2D eigenvalue weighted by Gasteiger charge is -2.18. The molecule has 0 unspecified atom stereocenters. The Morgan fingerprint density at radius 3 is 2.24 bits per heavy atom. The minimum Gasteiger partial charge on any atom is -0.350 e. The Hall–Kier alpha value is -3.90. The number of anilines is 3. The van der Waals surface area contributed by atoms with Gasteiger partial charge in [0.25, 0.3) is 17.7 Å². The summed E-state index contributed by atoms with van der Waals surface area (Å²) in [4.78, 5) is 39.4. The highest BCUT2D eigenvalue weighted by atomic mass is 35.5. The number of carbonyl (C=O) groups excluding carboxylic acids is 3. The van der Waals surface area contributed by atoms with Crippen molar-refractivity contribution in [2.45, 2.75) is 20.8 Å². The average molecular weight is 460 g/mol. The van der Waals surface area contributed by atoms with Crippen molar-refractivity contribution in [3.8, 4) is 0 Å². The summed E-state index contributed by atoms with van der Waals surface area (Å²) in [7, 11) is 0. The fraction of sp³-hybridized carbons (Fsp3) is 0.115. The highest BCUT2D eigenvalue weighted by Crippen LogP contribution is 2.32. The summed E-state index contributed by atoms with van der Waals surface area (Å²) in [6.07, 6.45) is 0. The third-order valence-electron chi connectivity index (χ3n) is 5.44. The van der Waals surface area contributed by atoms with Crippen LogP contribution in [0.25, 0.3) is 0 Å². The van der Waals surface area contributed by atoms with Gasteiger partial charge in [-0.15, -0.1) is 0 Å². The zero-order valence-electron chi connectivity index (χ0n) is 18.4. The van der Waals surface area contributed by atoms with Gasteiger partial charge in [-0.05, 0) is 73.9 Å². The first kappa shape index (κ1) is 22.3. The van der Waals surface area contributed by atoms with E-state index in [2.05, 4.69) is 10.6 Å². The number of nitrogens with one attached hydrogen (secondary N) is 2. The summed E-state index contributed by atoms with van der Waals surface area (Å²) in [5.74, 6) is -1.35. The predicted octanol–water partition coefficient (Wildman–Crippen LogP) is 5.30. The Kier molecular flexibility index (Phi) is 6.03. The van der Waals surface area contributed by atoms with Crippen molar-refractivity contribution < 1.29 is 14.4 Å². The molecule has 0 fully saturated rings. The van der Waals surface area contributed by atoms with Gasteiger partial charge in [0.2, 0.25) is 0 Å². The Balaban J connectivity index is 1.51. The van der Waals surface area contributed by atoms with Gasteiger partial charge in [-0.3, -0.25) is 14.4 Å². The number of imide groups is 1. The van der Waals surface area contributed by atoms with E-state index in [-0.39, 0.29) is 16.6 Å². The van der Waals surface area contributed by atoms with E-state index < -0.39 is 11.8 Å². The molecule has 3 aromatic rings. The standard InChI is InChI=1S/C26H22ClN3O3/c1-15-8-9-17(3)21(14-15)30-25(32)22(27)23(26(30)33)28-19-12-10-18(11-13-19)24(31)29-20-7-5-4-6-16(20)2/h4-14,28H,1-3H3,(H,29,31). The van der Waals surface area contributed by atoms with Crippen molar-refractivity contribution >= 4 is 46.4 Å². The van der Waals surface area contributed by atoms with Crippen LogP contribution in [0.5, 0.6) is 0 Å². The zero-order chi connectivity index (χ0) is 23.7. The summed E-state index contributed by atoms with van der Waals surface area (Å²) < 4.78 is 0. The largest absolute Gasteiger partial charge is 0.350 e. The Morgan fingerprint density at radius 1 is 0.848 bits per heavy atom. The molecule has 2 N–H and O–H groups in total. The van der Waals surface area contributed by atoms with Crippen LogP contribution in [-0.2, 0) is 9.59 Å². The monoisotopic (exact) mass is 459 g/mol. The van der Waals surface area contributed by atoms with E-state index in [1.807, 2.05) is 57.2 Å². The number of aryl methyl sites for hydroxylation is 3. The molecule has 0 bridgehead atoms. The smallest absolute Gasteiger partial charge is 0.283 e. The second-order valence-electron chi connectivity index (χ2n) is 7.90. The SMILES string of the molecule is Cc1ccc(C)c(N2C(=O)C(Cl)=C(Nc3ccc(C(=O)Nc4ccccc4C)cc3)C2=O)c1. The van der Waals surface area contributed by atoms with Crippen LogP contribution in [0.1, 0.15) is 27.0 Å². The molecule has 0 radical (unpaired) electrons. The normalized spacial score (nSPS) is 13.5. The molecule has 0 saturated heterocycles. The Bertz CT molecular complexity index is 1310. The number of benzene rings is 3. The van der Waals surface area contributed by atoms with E-state index in [1.54, 1.807) is 30.3 Å². The molecule has 0 atom stereocenters. The molecule has 7 heteroatoms. The molecule has 6 nitrogen and oxygen atoms in total. The van der Waals surface area contributed by atoms with Gasteiger partial charge in [-0.25, -0.2) is 4.90 Å². The van der Waals surface area contributed by atoms with Crippen LogP contribution < -0.4 is 15.5 Å². The number of hydrogen-bond donors (Lipinski definition) is 2. The number of amides is 3. The third-order valence-corrected chi connectivity index (χ3v) is 5.79. The third kappa shape index (κ3) is 4.38. The highest BCUT2D eigenvalue weighted by Gasteiger charge is 2.39. The second-order valence-corrected chi connectivity index (χ2v) is 8.27. The van der Waals surface area contributed by atoms with Crippen LogP contribution in [-0.4, -0.2) is 17.7 Å². The fourth-order valence-corrected chi connectivity index (χ4v) is 3.76. The van der Waals surface area contributed by atoms with Crippen LogP contribution in [0, 0.1) is 20.8 Å². The van der Waals surface area contributed by atoms with E-state index in [4.69, 9.17) is 11.6 Å². The van der Waals surface area contributed by atoms with Gasteiger partial charge in [0.1, 0.15) is 10.7 Å². The predicted molar refractivity (Wildman–Crippen MR) is 130 cm³/mol. The lowest BCUT2D eigenvalue weighted by Crippen LogP contribution is -2.32. The molecule has 3 amide bonds. The first-order valence-corrected chi connectivity index (χ1v) is 10.7. The number of hydrogen-bond acceptors (Lipinski definition) is 4. The van der Waals surface area contributed by atoms with E-state index >= 15 is 0 Å². The molecule has 0 saturated carbocycles. The first-order valence-electron chi connectivity index (χ1n) is 10.4. The number of halogens is 1. The van der Waals surface area contributed by atoms with Gasteiger partial charge in [-0.1, -0.05) is 41.9 Å². The molecule has 1 aliphatic heterocycles. The summed E-state index contributed by atoms with van der Waals surface area (Å²) in [5.41, 5.74) is 4.90. The average Bonchev–Trinajstić information content (AvgIpc) is 3.00. The van der Waals surface area contributed by atoms with Crippen molar-refractivity contribution in [2.24, 2.45) is 0 Å². The summed E-state index contributed by atoms with van der Waals surface area (Å²) in [6, 6.07) is 19.6. The van der Waals surface area contributed by atoms with Gasteiger partial charge in [-0.2, -0.15) is 0 Å². The quantitative estimate of drug-likeness (QED) is 0.507. The van der Waals surface area contributed by atoms with Crippen molar-refractivity contribution in [3.05, 3.63) is 99.7 Å². The van der Waals surface area contributed by atoms with E-state index in [9.17, 15) is 14.4 Å². The van der Waals surface area contributed by atoms with Gasteiger partial charge >= 0.3 is 0 Å². The topological polar surface area (TPSA) is 78.5 Å². The highest BCUT2D eigenvalue weighted by molar-refractivity contribution is 6.53. The molecule has 0 spiro atoms. The molecule has 33 heavy (non-hydrogen) atoms. The molecule has 1 aliphatic rings. The van der Waals surface area contributed by atoms with E-state index in [0.29, 0.717) is 16.9 Å².